The van der Waals surface area contributed by atoms with Gasteiger partial charge in [-0.2, -0.15) is 0 Å². The molecule has 1 aromatic rings. The Hall–Kier alpha value is -1.77. The molecule has 0 amide bonds. The predicted molar refractivity (Wildman–Crippen MR) is 53.6 cm³/mol. The predicted octanol–water partition coefficient (Wildman–Crippen LogP) is 1.29. The first-order valence-electron chi connectivity index (χ1n) is 4.47. The number of nitrogens with two attached hydrogens (primary N) is 1. The lowest BCUT2D eigenvalue weighted by atomic mass is 10.0. The first-order valence-corrected chi connectivity index (χ1v) is 4.47. The van der Waals surface area contributed by atoms with E-state index in [1.807, 2.05) is 24.3 Å². The molecule has 0 aliphatic carbocycles. The van der Waals surface area contributed by atoms with E-state index >= 15 is 0 Å². The minimum absolute atomic E-state index is 0.228. The quantitative estimate of drug-likeness (QED) is 0.563. The molecule has 0 fully saturated rings. The van der Waals surface area contributed by atoms with Crippen molar-refractivity contribution in [3.63, 3.8) is 0 Å². The molecule has 1 aromatic carbocycles. The van der Waals surface area contributed by atoms with Crippen LogP contribution in [0, 0.1) is 0 Å². The van der Waals surface area contributed by atoms with Gasteiger partial charge in [0.1, 0.15) is 6.61 Å². The van der Waals surface area contributed by atoms with Crippen LogP contribution in [0.5, 0.6) is 0 Å². The Labute approximate surface area is 82.2 Å². The standard InChI is InChI=1S/C11H11NO2/c12-10-4-2-1-3-8(10)7-9-5-6-14-11(9)13/h1-5H,6-7,12H2. The van der Waals surface area contributed by atoms with Crippen LogP contribution in [0.15, 0.2) is 35.9 Å². The fourth-order valence-electron chi connectivity index (χ4n) is 1.44. The van der Waals surface area contributed by atoms with Crippen LogP contribution in [-0.4, -0.2) is 12.6 Å². The van der Waals surface area contributed by atoms with Gasteiger partial charge in [-0.3, -0.25) is 0 Å². The second-order valence-corrected chi connectivity index (χ2v) is 3.20. The summed E-state index contributed by atoms with van der Waals surface area (Å²) in [5.74, 6) is -0.228. The van der Waals surface area contributed by atoms with Crippen molar-refractivity contribution in [1.29, 1.82) is 0 Å². The van der Waals surface area contributed by atoms with Crippen LogP contribution in [0.2, 0.25) is 0 Å². The molecular formula is C11H11NO2. The van der Waals surface area contributed by atoms with Crippen molar-refractivity contribution >= 4 is 11.7 Å². The van der Waals surface area contributed by atoms with Gasteiger partial charge in [-0.1, -0.05) is 18.2 Å². The summed E-state index contributed by atoms with van der Waals surface area (Å²) >= 11 is 0. The molecular weight excluding hydrogens is 178 g/mol. The number of hydrogen-bond acceptors (Lipinski definition) is 3. The van der Waals surface area contributed by atoms with E-state index in [0.29, 0.717) is 24.3 Å². The molecule has 14 heavy (non-hydrogen) atoms. The summed E-state index contributed by atoms with van der Waals surface area (Å²) in [5, 5.41) is 0. The van der Waals surface area contributed by atoms with Crippen LogP contribution < -0.4 is 5.73 Å². The molecule has 1 aliphatic heterocycles. The van der Waals surface area contributed by atoms with E-state index in [4.69, 9.17) is 10.5 Å². The van der Waals surface area contributed by atoms with Crippen LogP contribution in [0.3, 0.4) is 0 Å². The summed E-state index contributed by atoms with van der Waals surface area (Å²) in [6, 6.07) is 7.53. The number of ether oxygens (including phenoxy) is 1. The molecule has 2 N–H and O–H groups in total. The average Bonchev–Trinajstić information content (AvgIpc) is 2.56. The minimum Gasteiger partial charge on any atom is -0.458 e. The third-order valence-electron chi connectivity index (χ3n) is 2.24. The van der Waals surface area contributed by atoms with Gasteiger partial charge in [-0.15, -0.1) is 0 Å². The van der Waals surface area contributed by atoms with Gasteiger partial charge in [-0.25, -0.2) is 4.79 Å². The van der Waals surface area contributed by atoms with Crippen LogP contribution in [0.25, 0.3) is 0 Å². The Kier molecular flexibility index (Phi) is 2.23. The lowest BCUT2D eigenvalue weighted by Crippen LogP contribution is -2.03. The third-order valence-corrected chi connectivity index (χ3v) is 2.24. The number of benzene rings is 1. The van der Waals surface area contributed by atoms with Crippen molar-refractivity contribution in [1.82, 2.24) is 0 Å². The molecule has 72 valence electrons. The highest BCUT2D eigenvalue weighted by Crippen LogP contribution is 2.18. The van der Waals surface area contributed by atoms with Gasteiger partial charge in [0.25, 0.3) is 0 Å². The average molecular weight is 189 g/mol. The molecule has 3 heteroatoms. The topological polar surface area (TPSA) is 52.3 Å². The first kappa shape index (κ1) is 8.81. The number of anilines is 1. The van der Waals surface area contributed by atoms with Crippen molar-refractivity contribution in [3.8, 4) is 0 Å². The Morgan fingerprint density at radius 2 is 2.14 bits per heavy atom. The van der Waals surface area contributed by atoms with Crippen molar-refractivity contribution in [2.45, 2.75) is 6.42 Å². The van der Waals surface area contributed by atoms with E-state index in [1.165, 1.54) is 0 Å². The maximum atomic E-state index is 11.2. The van der Waals surface area contributed by atoms with E-state index in [-0.39, 0.29) is 5.97 Å². The summed E-state index contributed by atoms with van der Waals surface area (Å²) in [7, 11) is 0. The maximum absolute atomic E-state index is 11.2. The van der Waals surface area contributed by atoms with Crippen LogP contribution >= 0.6 is 0 Å². The number of carbonyl (C=O) groups is 1. The molecule has 0 saturated carbocycles. The third kappa shape index (κ3) is 1.62. The first-order chi connectivity index (χ1) is 6.77. The number of cyclic esters (lactones) is 1. The highest BCUT2D eigenvalue weighted by Gasteiger charge is 2.17. The molecule has 2 rings (SSSR count). The Bertz CT molecular complexity index is 396. The van der Waals surface area contributed by atoms with Crippen molar-refractivity contribution in [2.24, 2.45) is 0 Å². The molecule has 0 bridgehead atoms. The van der Waals surface area contributed by atoms with Gasteiger partial charge in [0, 0.05) is 17.7 Å². The molecule has 0 aromatic heterocycles. The Balaban J connectivity index is 2.19. The number of rotatable bonds is 2. The smallest absolute Gasteiger partial charge is 0.334 e. The normalized spacial score (nSPS) is 15.1. The highest BCUT2D eigenvalue weighted by molar-refractivity contribution is 5.91. The van der Waals surface area contributed by atoms with Gasteiger partial charge in [0.2, 0.25) is 0 Å². The number of esters is 1. The summed E-state index contributed by atoms with van der Waals surface area (Å²) in [4.78, 5) is 11.2. The Morgan fingerprint density at radius 1 is 1.36 bits per heavy atom. The van der Waals surface area contributed by atoms with Gasteiger partial charge < -0.3 is 10.5 Å². The molecule has 0 unspecified atom stereocenters. The summed E-state index contributed by atoms with van der Waals surface area (Å²) < 4.78 is 4.81. The van der Waals surface area contributed by atoms with Gasteiger partial charge in [-0.05, 0) is 17.7 Å². The van der Waals surface area contributed by atoms with Gasteiger partial charge >= 0.3 is 5.97 Å². The van der Waals surface area contributed by atoms with E-state index < -0.39 is 0 Å². The zero-order valence-electron chi connectivity index (χ0n) is 7.69. The zero-order chi connectivity index (χ0) is 9.97. The summed E-state index contributed by atoms with van der Waals surface area (Å²) in [6.07, 6.45) is 2.36. The SMILES string of the molecule is Nc1ccccc1CC1=CCOC1=O. The molecule has 0 saturated heterocycles. The maximum Gasteiger partial charge on any atom is 0.334 e. The van der Waals surface area contributed by atoms with E-state index in [0.717, 1.165) is 5.56 Å². The minimum atomic E-state index is -0.228. The second kappa shape index (κ2) is 3.54. The number of para-hydroxylation sites is 1. The summed E-state index contributed by atoms with van der Waals surface area (Å²) in [5.41, 5.74) is 8.15. The fraction of sp³-hybridized carbons (Fsp3) is 0.182. The lowest BCUT2D eigenvalue weighted by molar-refractivity contribution is -0.136. The van der Waals surface area contributed by atoms with Crippen molar-refractivity contribution in [3.05, 3.63) is 41.5 Å². The largest absolute Gasteiger partial charge is 0.458 e. The molecule has 1 aliphatic rings. The number of nitrogen functional groups attached to an aromatic ring is 1. The van der Waals surface area contributed by atoms with E-state index in [1.54, 1.807) is 6.08 Å². The zero-order valence-corrected chi connectivity index (χ0v) is 7.69. The van der Waals surface area contributed by atoms with Crippen molar-refractivity contribution in [2.75, 3.05) is 12.3 Å². The molecule has 0 spiro atoms. The van der Waals surface area contributed by atoms with Gasteiger partial charge in [0.05, 0.1) is 0 Å². The molecule has 1 heterocycles. The Morgan fingerprint density at radius 3 is 2.79 bits per heavy atom. The van der Waals surface area contributed by atoms with Crippen LogP contribution in [0.1, 0.15) is 5.56 Å². The number of hydrogen-bond donors (Lipinski definition) is 1. The van der Waals surface area contributed by atoms with Crippen molar-refractivity contribution < 1.29 is 9.53 Å². The molecule has 0 atom stereocenters. The molecule has 0 radical (unpaired) electrons. The molecule has 3 nitrogen and oxygen atoms in total. The van der Waals surface area contributed by atoms with Crippen LogP contribution in [0.4, 0.5) is 5.69 Å². The fourth-order valence-corrected chi connectivity index (χ4v) is 1.44. The second-order valence-electron chi connectivity index (χ2n) is 3.20. The van der Waals surface area contributed by atoms with Crippen LogP contribution in [-0.2, 0) is 16.0 Å². The van der Waals surface area contributed by atoms with E-state index in [2.05, 4.69) is 0 Å². The summed E-state index contributed by atoms with van der Waals surface area (Å²) in [6.45, 7) is 0.390. The van der Waals surface area contributed by atoms with E-state index in [9.17, 15) is 4.79 Å². The highest BCUT2D eigenvalue weighted by atomic mass is 16.5. The monoisotopic (exact) mass is 189 g/mol. The number of carbonyl (C=O) groups excluding carboxylic acids is 1. The van der Waals surface area contributed by atoms with Gasteiger partial charge in [0.15, 0.2) is 0 Å². The lowest BCUT2D eigenvalue weighted by Gasteiger charge is -2.03.